The van der Waals surface area contributed by atoms with Crippen LogP contribution in [0.5, 0.6) is 0 Å². The van der Waals surface area contributed by atoms with Crippen LogP contribution in [0.25, 0.3) is 0 Å². The summed E-state index contributed by atoms with van der Waals surface area (Å²) in [4.78, 5) is 2.52. The minimum atomic E-state index is 0.202. The van der Waals surface area contributed by atoms with Crippen LogP contribution in [-0.2, 0) is 0 Å². The average molecular weight is 226 g/mol. The predicted octanol–water partition coefficient (Wildman–Crippen LogP) is 3.05. The van der Waals surface area contributed by atoms with Gasteiger partial charge in [0.15, 0.2) is 0 Å². The minimum Gasteiger partial charge on any atom is -0.315 e. The molecule has 0 aromatic carbocycles. The van der Waals surface area contributed by atoms with Gasteiger partial charge in [0, 0.05) is 11.6 Å². The van der Waals surface area contributed by atoms with Gasteiger partial charge in [0.2, 0.25) is 0 Å². The van der Waals surface area contributed by atoms with Gasteiger partial charge in [0.25, 0.3) is 0 Å². The summed E-state index contributed by atoms with van der Waals surface area (Å²) < 4.78 is 0. The van der Waals surface area contributed by atoms with E-state index in [0.29, 0.717) is 6.04 Å². The standard InChI is InChI=1S/C14H30N2/c1-8-16(9-2)14(5,6)13(15-7)11-10-12(3)4/h13,15H,3,8-11H2,1-2,4-7H3. The van der Waals surface area contributed by atoms with Gasteiger partial charge >= 0.3 is 0 Å². The molecule has 1 N–H and O–H groups in total. The largest absolute Gasteiger partial charge is 0.315 e. The molecule has 0 fully saturated rings. The van der Waals surface area contributed by atoms with Crippen molar-refractivity contribution in [3.63, 3.8) is 0 Å². The summed E-state index contributed by atoms with van der Waals surface area (Å²) in [6.07, 6.45) is 2.27. The van der Waals surface area contributed by atoms with E-state index in [1.165, 1.54) is 5.57 Å². The van der Waals surface area contributed by atoms with Crippen LogP contribution in [0, 0.1) is 0 Å². The zero-order valence-electron chi connectivity index (χ0n) is 12.1. The Morgan fingerprint density at radius 2 is 1.81 bits per heavy atom. The third-order valence-electron chi connectivity index (χ3n) is 3.64. The van der Waals surface area contributed by atoms with E-state index < -0.39 is 0 Å². The van der Waals surface area contributed by atoms with Gasteiger partial charge in [0.05, 0.1) is 0 Å². The molecular weight excluding hydrogens is 196 g/mol. The van der Waals surface area contributed by atoms with Gasteiger partial charge < -0.3 is 5.32 Å². The van der Waals surface area contributed by atoms with Crippen molar-refractivity contribution in [1.82, 2.24) is 10.2 Å². The highest BCUT2D eigenvalue weighted by atomic mass is 15.2. The van der Waals surface area contributed by atoms with Crippen molar-refractivity contribution in [2.75, 3.05) is 20.1 Å². The monoisotopic (exact) mass is 226 g/mol. The van der Waals surface area contributed by atoms with E-state index in [1.54, 1.807) is 0 Å². The summed E-state index contributed by atoms with van der Waals surface area (Å²) in [5.74, 6) is 0. The first-order valence-electron chi connectivity index (χ1n) is 6.46. The second-order valence-corrected chi connectivity index (χ2v) is 5.16. The fourth-order valence-electron chi connectivity index (χ4n) is 2.50. The maximum Gasteiger partial charge on any atom is 0.0306 e. The summed E-state index contributed by atoms with van der Waals surface area (Å²) in [6, 6.07) is 0.518. The molecule has 2 heteroatoms. The lowest BCUT2D eigenvalue weighted by Gasteiger charge is -2.43. The zero-order chi connectivity index (χ0) is 12.8. The molecule has 0 aromatic rings. The first kappa shape index (κ1) is 15.7. The molecule has 0 saturated heterocycles. The van der Waals surface area contributed by atoms with E-state index in [9.17, 15) is 0 Å². The maximum atomic E-state index is 3.99. The average Bonchev–Trinajstić information content (AvgIpc) is 2.19. The van der Waals surface area contributed by atoms with Crippen LogP contribution in [-0.4, -0.2) is 36.6 Å². The molecule has 96 valence electrons. The van der Waals surface area contributed by atoms with Gasteiger partial charge in [-0.25, -0.2) is 0 Å². The Bertz CT molecular complexity index is 205. The van der Waals surface area contributed by atoms with Crippen molar-refractivity contribution in [3.8, 4) is 0 Å². The van der Waals surface area contributed by atoms with Crippen LogP contribution >= 0.6 is 0 Å². The lowest BCUT2D eigenvalue weighted by molar-refractivity contribution is 0.0909. The van der Waals surface area contributed by atoms with Crippen molar-refractivity contribution in [1.29, 1.82) is 0 Å². The Hall–Kier alpha value is -0.340. The second kappa shape index (κ2) is 7.08. The number of nitrogens with one attached hydrogen (secondary N) is 1. The third-order valence-corrected chi connectivity index (χ3v) is 3.64. The molecule has 0 aliphatic rings. The molecule has 0 spiro atoms. The van der Waals surface area contributed by atoms with Crippen molar-refractivity contribution < 1.29 is 0 Å². The third kappa shape index (κ3) is 4.26. The fourth-order valence-corrected chi connectivity index (χ4v) is 2.50. The predicted molar refractivity (Wildman–Crippen MR) is 73.9 cm³/mol. The molecule has 2 nitrogen and oxygen atoms in total. The van der Waals surface area contributed by atoms with Crippen LogP contribution in [0.1, 0.15) is 47.5 Å². The van der Waals surface area contributed by atoms with Crippen LogP contribution in [0.15, 0.2) is 12.2 Å². The normalized spacial score (nSPS) is 14.2. The molecule has 0 rings (SSSR count). The van der Waals surface area contributed by atoms with Gasteiger partial charge in [-0.15, -0.1) is 6.58 Å². The molecule has 16 heavy (non-hydrogen) atoms. The highest BCUT2D eigenvalue weighted by molar-refractivity contribution is 4.96. The molecule has 0 saturated carbocycles. The molecule has 0 amide bonds. The minimum absolute atomic E-state index is 0.202. The molecule has 1 atom stereocenters. The molecule has 0 aliphatic heterocycles. The number of allylic oxidation sites excluding steroid dienone is 1. The second-order valence-electron chi connectivity index (χ2n) is 5.16. The van der Waals surface area contributed by atoms with Gasteiger partial charge in [-0.3, -0.25) is 4.90 Å². The van der Waals surface area contributed by atoms with Crippen molar-refractivity contribution in [3.05, 3.63) is 12.2 Å². The number of likely N-dealkylation sites (N-methyl/N-ethyl adjacent to an activating group) is 2. The Morgan fingerprint density at radius 1 is 1.31 bits per heavy atom. The van der Waals surface area contributed by atoms with E-state index in [-0.39, 0.29) is 5.54 Å². The molecule has 0 radical (unpaired) electrons. The number of hydrogen-bond donors (Lipinski definition) is 1. The summed E-state index contributed by atoms with van der Waals surface area (Å²) in [6.45, 7) is 17.4. The Kier molecular flexibility index (Phi) is 6.93. The van der Waals surface area contributed by atoms with Gasteiger partial charge in [-0.1, -0.05) is 19.4 Å². The molecular formula is C14H30N2. The smallest absolute Gasteiger partial charge is 0.0306 e. The zero-order valence-corrected chi connectivity index (χ0v) is 12.1. The molecule has 0 heterocycles. The van der Waals surface area contributed by atoms with E-state index in [1.807, 2.05) is 0 Å². The molecule has 0 aromatic heterocycles. The Labute approximate surface area is 102 Å². The summed E-state index contributed by atoms with van der Waals surface area (Å²) in [5, 5.41) is 3.46. The maximum absolute atomic E-state index is 3.99. The number of rotatable bonds is 8. The van der Waals surface area contributed by atoms with Gasteiger partial charge in [-0.05, 0) is 53.8 Å². The first-order valence-corrected chi connectivity index (χ1v) is 6.46. The Balaban J connectivity index is 4.57. The topological polar surface area (TPSA) is 15.3 Å². The SMILES string of the molecule is C=C(C)CCC(NC)C(C)(C)N(CC)CC. The number of hydrogen-bond acceptors (Lipinski definition) is 2. The Morgan fingerprint density at radius 3 is 2.12 bits per heavy atom. The van der Waals surface area contributed by atoms with Crippen LogP contribution in [0.2, 0.25) is 0 Å². The van der Waals surface area contributed by atoms with Crippen LogP contribution in [0.3, 0.4) is 0 Å². The van der Waals surface area contributed by atoms with Crippen LogP contribution < -0.4 is 5.32 Å². The van der Waals surface area contributed by atoms with Crippen LogP contribution in [0.4, 0.5) is 0 Å². The summed E-state index contributed by atoms with van der Waals surface area (Å²) >= 11 is 0. The molecule has 0 aliphatic carbocycles. The van der Waals surface area contributed by atoms with Crippen molar-refractivity contribution >= 4 is 0 Å². The number of nitrogens with zero attached hydrogens (tertiary/aromatic N) is 1. The van der Waals surface area contributed by atoms with Crippen molar-refractivity contribution in [2.45, 2.75) is 59.0 Å². The quantitative estimate of drug-likeness (QED) is 0.640. The van der Waals surface area contributed by atoms with E-state index in [0.717, 1.165) is 25.9 Å². The van der Waals surface area contributed by atoms with Crippen molar-refractivity contribution in [2.24, 2.45) is 0 Å². The molecule has 0 bridgehead atoms. The fraction of sp³-hybridized carbons (Fsp3) is 0.857. The molecule has 1 unspecified atom stereocenters. The summed E-state index contributed by atoms with van der Waals surface area (Å²) in [5.41, 5.74) is 1.48. The van der Waals surface area contributed by atoms with E-state index >= 15 is 0 Å². The van der Waals surface area contributed by atoms with Gasteiger partial charge in [-0.2, -0.15) is 0 Å². The highest BCUT2D eigenvalue weighted by Gasteiger charge is 2.32. The highest BCUT2D eigenvalue weighted by Crippen LogP contribution is 2.22. The lowest BCUT2D eigenvalue weighted by atomic mass is 9.88. The van der Waals surface area contributed by atoms with E-state index in [4.69, 9.17) is 0 Å². The summed E-state index contributed by atoms with van der Waals surface area (Å²) in [7, 11) is 2.06. The van der Waals surface area contributed by atoms with Gasteiger partial charge in [0.1, 0.15) is 0 Å². The first-order chi connectivity index (χ1) is 7.39. The van der Waals surface area contributed by atoms with E-state index in [2.05, 4.69) is 58.5 Å². The lowest BCUT2D eigenvalue weighted by Crippen LogP contribution is -2.56.